The van der Waals surface area contributed by atoms with Crippen LogP contribution in [0.1, 0.15) is 47.0 Å². The number of nitrogens with two attached hydrogens (primary N) is 1. The van der Waals surface area contributed by atoms with Gasteiger partial charge in [0.25, 0.3) is 0 Å². The molecular formula is C15H28N4O. The van der Waals surface area contributed by atoms with Crippen molar-refractivity contribution >= 4 is 5.91 Å². The predicted octanol–water partition coefficient (Wildman–Crippen LogP) is 1.24. The van der Waals surface area contributed by atoms with E-state index in [1.807, 2.05) is 20.8 Å². The van der Waals surface area contributed by atoms with Crippen LogP contribution in [0.5, 0.6) is 0 Å². The number of nitriles is 1. The summed E-state index contributed by atoms with van der Waals surface area (Å²) in [5.41, 5.74) is 4.90. The lowest BCUT2D eigenvalue weighted by Gasteiger charge is -2.38. The number of likely N-dealkylation sites (tertiary alicyclic amines) is 1. The molecule has 3 atom stereocenters. The predicted molar refractivity (Wildman–Crippen MR) is 79.9 cm³/mol. The zero-order chi connectivity index (χ0) is 15.3. The van der Waals surface area contributed by atoms with Crippen LogP contribution in [0.2, 0.25) is 0 Å². The van der Waals surface area contributed by atoms with Crippen LogP contribution >= 0.6 is 0 Å². The number of amides is 1. The molecule has 3 N–H and O–H groups in total. The number of piperidine rings is 1. The highest BCUT2D eigenvalue weighted by Gasteiger charge is 2.31. The largest absolute Gasteiger partial charge is 0.369 e. The van der Waals surface area contributed by atoms with Gasteiger partial charge in [0.2, 0.25) is 5.91 Å². The number of nitrogens with one attached hydrogen (secondary N) is 1. The number of nitrogens with zero attached hydrogens (tertiary/aromatic N) is 2. The molecule has 5 nitrogen and oxygen atoms in total. The molecule has 1 aliphatic rings. The van der Waals surface area contributed by atoms with E-state index in [2.05, 4.69) is 23.2 Å². The molecule has 0 saturated carbocycles. The first-order chi connectivity index (χ1) is 9.27. The van der Waals surface area contributed by atoms with E-state index in [4.69, 9.17) is 5.73 Å². The van der Waals surface area contributed by atoms with Crippen LogP contribution < -0.4 is 11.1 Å². The van der Waals surface area contributed by atoms with Crippen molar-refractivity contribution in [1.82, 2.24) is 10.2 Å². The van der Waals surface area contributed by atoms with Crippen molar-refractivity contribution in [1.29, 1.82) is 5.26 Å². The number of hydrogen-bond acceptors (Lipinski definition) is 4. The van der Waals surface area contributed by atoms with Crippen molar-refractivity contribution in [2.24, 2.45) is 11.7 Å². The average Bonchev–Trinajstić information content (AvgIpc) is 2.36. The highest BCUT2D eigenvalue weighted by Crippen LogP contribution is 2.23. The zero-order valence-corrected chi connectivity index (χ0v) is 13.1. The maximum atomic E-state index is 11.3. The summed E-state index contributed by atoms with van der Waals surface area (Å²) >= 11 is 0. The second-order valence-electron chi connectivity index (χ2n) is 6.51. The third-order valence-electron chi connectivity index (χ3n) is 4.17. The van der Waals surface area contributed by atoms with Gasteiger partial charge >= 0.3 is 0 Å². The van der Waals surface area contributed by atoms with Gasteiger partial charge in [-0.3, -0.25) is 15.0 Å². The Labute approximate surface area is 122 Å². The Bertz CT molecular complexity index is 377. The molecule has 1 rings (SSSR count). The molecule has 0 bridgehead atoms. The van der Waals surface area contributed by atoms with Gasteiger partial charge in [0.05, 0.1) is 12.0 Å². The fourth-order valence-corrected chi connectivity index (χ4v) is 2.89. The Balaban J connectivity index is 2.58. The quantitative estimate of drug-likeness (QED) is 0.767. The molecule has 0 aromatic rings. The van der Waals surface area contributed by atoms with Crippen LogP contribution in [-0.4, -0.2) is 41.5 Å². The normalized spacial score (nSPS) is 27.0. The fourth-order valence-electron chi connectivity index (χ4n) is 2.89. The summed E-state index contributed by atoms with van der Waals surface area (Å²) in [5.74, 6) is -0.247. The van der Waals surface area contributed by atoms with E-state index < -0.39 is 5.54 Å². The van der Waals surface area contributed by atoms with E-state index in [1.165, 1.54) is 0 Å². The molecular weight excluding hydrogens is 252 g/mol. The van der Waals surface area contributed by atoms with Crippen LogP contribution in [0.3, 0.4) is 0 Å². The van der Waals surface area contributed by atoms with Crippen LogP contribution in [0.25, 0.3) is 0 Å². The molecule has 0 aromatic carbocycles. The molecule has 5 heteroatoms. The van der Waals surface area contributed by atoms with Crippen LogP contribution in [0.15, 0.2) is 0 Å². The second-order valence-corrected chi connectivity index (χ2v) is 6.51. The van der Waals surface area contributed by atoms with E-state index in [9.17, 15) is 10.1 Å². The third-order valence-corrected chi connectivity index (χ3v) is 4.17. The first-order valence-corrected chi connectivity index (χ1v) is 7.49. The van der Waals surface area contributed by atoms with Crippen LogP contribution in [0.4, 0.5) is 0 Å². The van der Waals surface area contributed by atoms with Crippen molar-refractivity contribution in [2.45, 2.75) is 64.6 Å². The molecule has 114 valence electrons. The smallest absolute Gasteiger partial charge is 0.221 e. The van der Waals surface area contributed by atoms with Gasteiger partial charge in [-0.05, 0) is 47.0 Å². The van der Waals surface area contributed by atoms with E-state index in [1.54, 1.807) is 0 Å². The van der Waals surface area contributed by atoms with Gasteiger partial charge in [0.1, 0.15) is 5.54 Å². The summed E-state index contributed by atoms with van der Waals surface area (Å²) in [6.07, 6.45) is 2.62. The molecule has 1 heterocycles. The molecule has 3 unspecified atom stereocenters. The standard InChI is InChI=1S/C15H28N4O/c1-11(2)18-15(4,10-16)7-8-19-9-13(14(17)20)6-5-12(19)3/h11-13,18H,5-9H2,1-4H3,(H2,17,20). The van der Waals surface area contributed by atoms with Gasteiger partial charge in [0.15, 0.2) is 0 Å². The maximum Gasteiger partial charge on any atom is 0.221 e. The molecule has 0 aromatic heterocycles. The van der Waals surface area contributed by atoms with Crippen molar-refractivity contribution in [3.8, 4) is 6.07 Å². The van der Waals surface area contributed by atoms with Crippen LogP contribution in [-0.2, 0) is 4.79 Å². The first kappa shape index (κ1) is 16.9. The second kappa shape index (κ2) is 7.05. The number of carbonyl (C=O) groups excluding carboxylic acids is 1. The van der Waals surface area contributed by atoms with Gasteiger partial charge in [-0.15, -0.1) is 0 Å². The molecule has 1 saturated heterocycles. The van der Waals surface area contributed by atoms with Gasteiger partial charge in [-0.25, -0.2) is 0 Å². The summed E-state index contributed by atoms with van der Waals surface area (Å²) in [6.45, 7) is 9.74. The summed E-state index contributed by atoms with van der Waals surface area (Å²) in [6, 6.07) is 3.10. The Morgan fingerprint density at radius 1 is 1.55 bits per heavy atom. The molecule has 0 spiro atoms. The van der Waals surface area contributed by atoms with Gasteiger partial charge in [-0.2, -0.15) is 5.26 Å². The fraction of sp³-hybridized carbons (Fsp3) is 0.867. The third kappa shape index (κ3) is 4.77. The lowest BCUT2D eigenvalue weighted by molar-refractivity contribution is -0.124. The summed E-state index contributed by atoms with van der Waals surface area (Å²) in [4.78, 5) is 13.6. The van der Waals surface area contributed by atoms with Crippen molar-refractivity contribution < 1.29 is 4.79 Å². The number of rotatable bonds is 6. The van der Waals surface area contributed by atoms with Crippen molar-refractivity contribution in [3.05, 3.63) is 0 Å². The molecule has 0 radical (unpaired) electrons. The van der Waals surface area contributed by atoms with E-state index in [-0.39, 0.29) is 17.9 Å². The summed E-state index contributed by atoms with van der Waals surface area (Å²) in [5, 5.41) is 12.7. The maximum absolute atomic E-state index is 11.3. The lowest BCUT2D eigenvalue weighted by Crippen LogP contribution is -2.50. The zero-order valence-electron chi connectivity index (χ0n) is 13.1. The highest BCUT2D eigenvalue weighted by molar-refractivity contribution is 5.76. The monoisotopic (exact) mass is 280 g/mol. The van der Waals surface area contributed by atoms with Crippen molar-refractivity contribution in [2.75, 3.05) is 13.1 Å². The van der Waals surface area contributed by atoms with Gasteiger partial charge in [-0.1, -0.05) is 0 Å². The Morgan fingerprint density at radius 2 is 2.20 bits per heavy atom. The molecule has 1 aliphatic heterocycles. The number of carbonyl (C=O) groups is 1. The van der Waals surface area contributed by atoms with Crippen LogP contribution in [0, 0.1) is 17.2 Å². The number of primary amides is 1. The van der Waals surface area contributed by atoms with Gasteiger partial charge in [0, 0.05) is 25.2 Å². The number of hydrogen-bond donors (Lipinski definition) is 2. The molecule has 0 aliphatic carbocycles. The van der Waals surface area contributed by atoms with Gasteiger partial charge < -0.3 is 5.73 Å². The first-order valence-electron chi connectivity index (χ1n) is 7.49. The Hall–Kier alpha value is -1.12. The SMILES string of the molecule is CC(C)NC(C)(C#N)CCN1CC(C(N)=O)CCC1C. The van der Waals surface area contributed by atoms with Crippen molar-refractivity contribution in [3.63, 3.8) is 0 Å². The minimum Gasteiger partial charge on any atom is -0.369 e. The van der Waals surface area contributed by atoms with E-state index >= 15 is 0 Å². The van der Waals surface area contributed by atoms with E-state index in [0.717, 1.165) is 32.4 Å². The summed E-state index contributed by atoms with van der Waals surface area (Å²) in [7, 11) is 0. The summed E-state index contributed by atoms with van der Waals surface area (Å²) < 4.78 is 0. The Kier molecular flexibility index (Phi) is 5.97. The minimum absolute atomic E-state index is 0.0439. The minimum atomic E-state index is -0.520. The van der Waals surface area contributed by atoms with E-state index in [0.29, 0.717) is 6.04 Å². The topological polar surface area (TPSA) is 82.2 Å². The average molecular weight is 280 g/mol. The lowest BCUT2D eigenvalue weighted by atomic mass is 9.91. The highest BCUT2D eigenvalue weighted by atomic mass is 16.1. The Morgan fingerprint density at radius 3 is 2.70 bits per heavy atom. The molecule has 1 fully saturated rings. The molecule has 1 amide bonds. The molecule has 20 heavy (non-hydrogen) atoms.